The van der Waals surface area contributed by atoms with Gasteiger partial charge in [-0.05, 0) is 25.6 Å². The zero-order chi connectivity index (χ0) is 15.6. The number of halogens is 4. The third-order valence-corrected chi connectivity index (χ3v) is 3.08. The lowest BCUT2D eigenvalue weighted by atomic mass is 10.1. The van der Waals surface area contributed by atoms with Crippen LogP contribution in [0.1, 0.15) is 19.6 Å². The van der Waals surface area contributed by atoms with Gasteiger partial charge in [-0.2, -0.15) is 0 Å². The Morgan fingerprint density at radius 2 is 1.71 bits per heavy atom. The van der Waals surface area contributed by atoms with Crippen molar-refractivity contribution in [1.29, 1.82) is 0 Å². The largest absolute Gasteiger partial charge is 0.461 e. The van der Waals surface area contributed by atoms with Gasteiger partial charge in [0.2, 0.25) is 0 Å². The van der Waals surface area contributed by atoms with Crippen LogP contribution in [0.3, 0.4) is 0 Å². The van der Waals surface area contributed by atoms with Crippen LogP contribution in [0.4, 0.5) is 17.6 Å². The molecule has 0 fully saturated rings. The van der Waals surface area contributed by atoms with Gasteiger partial charge in [-0.1, -0.05) is 6.92 Å². The molecule has 114 valence electrons. The van der Waals surface area contributed by atoms with E-state index in [-0.39, 0.29) is 17.9 Å². The van der Waals surface area contributed by atoms with Crippen molar-refractivity contribution in [3.05, 3.63) is 47.2 Å². The van der Waals surface area contributed by atoms with Gasteiger partial charge in [-0.15, -0.1) is 0 Å². The molecule has 2 aromatic rings. The summed E-state index contributed by atoms with van der Waals surface area (Å²) in [5.74, 6) is -5.60. The average Bonchev–Trinajstić information content (AvgIpc) is 2.85. The van der Waals surface area contributed by atoms with Crippen LogP contribution in [0, 0.1) is 23.3 Å². The van der Waals surface area contributed by atoms with Crippen LogP contribution >= 0.6 is 0 Å². The predicted octanol–water partition coefficient (Wildman–Crippen LogP) is 4.04. The van der Waals surface area contributed by atoms with Crippen LogP contribution in [0.15, 0.2) is 22.6 Å². The van der Waals surface area contributed by atoms with Crippen LogP contribution in [0.5, 0.6) is 0 Å². The molecule has 1 heterocycles. The Balaban J connectivity index is 2.34. The maximum atomic E-state index is 13.7. The normalized spacial score (nSPS) is 12.7. The Hall–Kier alpha value is -1.82. The lowest BCUT2D eigenvalue weighted by molar-refractivity contribution is 0.441. The topological polar surface area (TPSA) is 25.2 Å². The van der Waals surface area contributed by atoms with Gasteiger partial charge in [-0.3, -0.25) is 0 Å². The van der Waals surface area contributed by atoms with E-state index in [0.29, 0.717) is 12.2 Å². The summed E-state index contributed by atoms with van der Waals surface area (Å²) < 4.78 is 59.0. The van der Waals surface area contributed by atoms with Crippen molar-refractivity contribution in [1.82, 2.24) is 5.32 Å². The first kappa shape index (κ1) is 15.6. The summed E-state index contributed by atoms with van der Waals surface area (Å²) >= 11 is 0. The van der Waals surface area contributed by atoms with Crippen molar-refractivity contribution in [3.8, 4) is 11.3 Å². The number of rotatable bonds is 5. The highest BCUT2D eigenvalue weighted by Gasteiger charge is 2.23. The molecular weight excluding hydrogens is 286 g/mol. The molecule has 0 bridgehead atoms. The van der Waals surface area contributed by atoms with E-state index in [9.17, 15) is 17.6 Å². The highest BCUT2D eigenvalue weighted by atomic mass is 19.2. The molecule has 0 radical (unpaired) electrons. The molecule has 1 atom stereocenters. The number of nitrogens with one attached hydrogen (secondary N) is 1. The molecule has 1 aromatic heterocycles. The molecule has 0 saturated carbocycles. The van der Waals surface area contributed by atoms with E-state index < -0.39 is 28.8 Å². The van der Waals surface area contributed by atoms with Crippen molar-refractivity contribution in [2.24, 2.45) is 0 Å². The summed E-state index contributed by atoms with van der Waals surface area (Å²) in [5, 5.41) is 3.16. The first-order chi connectivity index (χ1) is 9.93. The van der Waals surface area contributed by atoms with Crippen LogP contribution < -0.4 is 5.32 Å². The standard InChI is InChI=1S/C15H15F4NO/c1-3-20-8(2)6-9-4-5-12(21-9)13-14(18)10(16)7-11(17)15(13)19/h4-5,7-8,20H,3,6H2,1-2H3. The number of furan rings is 1. The highest BCUT2D eigenvalue weighted by molar-refractivity contribution is 5.59. The number of benzene rings is 1. The van der Waals surface area contributed by atoms with Crippen LogP contribution in [0.2, 0.25) is 0 Å². The van der Waals surface area contributed by atoms with Gasteiger partial charge in [0.05, 0.1) is 5.56 Å². The van der Waals surface area contributed by atoms with Crippen LogP contribution in [0.25, 0.3) is 11.3 Å². The minimum Gasteiger partial charge on any atom is -0.461 e. The van der Waals surface area contributed by atoms with Crippen molar-refractivity contribution in [3.63, 3.8) is 0 Å². The molecule has 2 rings (SSSR count). The molecule has 0 aliphatic carbocycles. The predicted molar refractivity (Wildman–Crippen MR) is 70.8 cm³/mol. The second-order valence-electron chi connectivity index (χ2n) is 4.77. The fourth-order valence-corrected chi connectivity index (χ4v) is 2.13. The SMILES string of the molecule is CCNC(C)Cc1ccc(-c2c(F)c(F)cc(F)c2F)o1. The Labute approximate surface area is 119 Å². The summed E-state index contributed by atoms with van der Waals surface area (Å²) in [6.07, 6.45) is 0.495. The van der Waals surface area contributed by atoms with E-state index in [2.05, 4.69) is 5.32 Å². The number of hydrogen-bond acceptors (Lipinski definition) is 2. The summed E-state index contributed by atoms with van der Waals surface area (Å²) in [7, 11) is 0. The summed E-state index contributed by atoms with van der Waals surface area (Å²) in [4.78, 5) is 0. The molecule has 1 unspecified atom stereocenters. The molecule has 0 saturated heterocycles. The fraction of sp³-hybridized carbons (Fsp3) is 0.333. The summed E-state index contributed by atoms with van der Waals surface area (Å²) in [6, 6.07) is 3.11. The van der Waals surface area contributed by atoms with E-state index in [1.54, 1.807) is 0 Å². The first-order valence-corrected chi connectivity index (χ1v) is 6.59. The minimum absolute atomic E-state index is 0.105. The molecule has 1 N–H and O–H groups in total. The Kier molecular flexibility index (Phi) is 4.67. The van der Waals surface area contributed by atoms with Crippen molar-refractivity contribution in [2.45, 2.75) is 26.3 Å². The van der Waals surface area contributed by atoms with Crippen molar-refractivity contribution < 1.29 is 22.0 Å². The molecular formula is C15H15F4NO. The average molecular weight is 301 g/mol. The van der Waals surface area contributed by atoms with Gasteiger partial charge in [0, 0.05) is 18.5 Å². The van der Waals surface area contributed by atoms with E-state index in [1.165, 1.54) is 12.1 Å². The van der Waals surface area contributed by atoms with E-state index in [0.717, 1.165) is 6.54 Å². The Morgan fingerprint density at radius 1 is 1.10 bits per heavy atom. The lowest BCUT2D eigenvalue weighted by Gasteiger charge is -2.09. The van der Waals surface area contributed by atoms with Gasteiger partial charge in [0.1, 0.15) is 11.5 Å². The second-order valence-corrected chi connectivity index (χ2v) is 4.77. The molecule has 1 aromatic carbocycles. The van der Waals surface area contributed by atoms with E-state index in [4.69, 9.17) is 4.42 Å². The number of hydrogen-bond donors (Lipinski definition) is 1. The third kappa shape index (κ3) is 3.26. The van der Waals surface area contributed by atoms with Crippen LogP contribution in [-0.2, 0) is 6.42 Å². The zero-order valence-corrected chi connectivity index (χ0v) is 11.6. The number of likely N-dealkylation sites (N-methyl/N-ethyl adjacent to an activating group) is 1. The quantitative estimate of drug-likeness (QED) is 0.666. The van der Waals surface area contributed by atoms with Gasteiger partial charge in [0.25, 0.3) is 0 Å². The third-order valence-electron chi connectivity index (χ3n) is 3.08. The molecule has 0 aliphatic rings. The lowest BCUT2D eigenvalue weighted by Crippen LogP contribution is -2.27. The minimum atomic E-state index is -1.46. The van der Waals surface area contributed by atoms with Gasteiger partial charge in [-0.25, -0.2) is 17.6 Å². The zero-order valence-electron chi connectivity index (χ0n) is 11.6. The highest BCUT2D eigenvalue weighted by Crippen LogP contribution is 2.31. The monoisotopic (exact) mass is 301 g/mol. The van der Waals surface area contributed by atoms with E-state index in [1.807, 2.05) is 13.8 Å². The maximum Gasteiger partial charge on any atom is 0.172 e. The Bertz CT molecular complexity index is 613. The summed E-state index contributed by atoms with van der Waals surface area (Å²) in [5.41, 5.74) is -0.824. The fourth-order valence-electron chi connectivity index (χ4n) is 2.13. The summed E-state index contributed by atoms with van der Waals surface area (Å²) in [6.45, 7) is 4.64. The Morgan fingerprint density at radius 3 is 2.29 bits per heavy atom. The van der Waals surface area contributed by atoms with Crippen LogP contribution in [-0.4, -0.2) is 12.6 Å². The van der Waals surface area contributed by atoms with E-state index >= 15 is 0 Å². The maximum absolute atomic E-state index is 13.7. The molecule has 6 heteroatoms. The molecule has 0 spiro atoms. The second kappa shape index (κ2) is 6.30. The molecule has 21 heavy (non-hydrogen) atoms. The first-order valence-electron chi connectivity index (χ1n) is 6.59. The molecule has 2 nitrogen and oxygen atoms in total. The molecule has 0 aliphatic heterocycles. The smallest absolute Gasteiger partial charge is 0.172 e. The van der Waals surface area contributed by atoms with Crippen molar-refractivity contribution in [2.75, 3.05) is 6.54 Å². The van der Waals surface area contributed by atoms with Gasteiger partial charge in [0.15, 0.2) is 23.3 Å². The van der Waals surface area contributed by atoms with Crippen molar-refractivity contribution >= 4 is 0 Å². The van der Waals surface area contributed by atoms with Gasteiger partial charge >= 0.3 is 0 Å². The molecule has 0 amide bonds. The van der Waals surface area contributed by atoms with Gasteiger partial charge < -0.3 is 9.73 Å².